The molecule has 2 aromatic carbocycles. The maximum absolute atomic E-state index is 12.4. The highest BCUT2D eigenvalue weighted by molar-refractivity contribution is 6.39. The van der Waals surface area contributed by atoms with Gasteiger partial charge in [0.2, 0.25) is 0 Å². The zero-order valence-electron chi connectivity index (χ0n) is 16.8. The minimum atomic E-state index is -0.706. The van der Waals surface area contributed by atoms with E-state index < -0.39 is 11.8 Å². The van der Waals surface area contributed by atoms with Crippen molar-refractivity contribution < 1.29 is 19.1 Å². The van der Waals surface area contributed by atoms with Gasteiger partial charge in [-0.1, -0.05) is 35.9 Å². The predicted molar refractivity (Wildman–Crippen MR) is 111 cm³/mol. The van der Waals surface area contributed by atoms with Gasteiger partial charge in [-0.3, -0.25) is 14.5 Å². The number of hydrogen-bond acceptors (Lipinski definition) is 5. The summed E-state index contributed by atoms with van der Waals surface area (Å²) < 4.78 is 10.6. The van der Waals surface area contributed by atoms with Gasteiger partial charge in [0.15, 0.2) is 0 Å². The van der Waals surface area contributed by atoms with Crippen LogP contribution in [0.25, 0.3) is 0 Å². The number of hydrogen-bond donors (Lipinski definition) is 2. The molecule has 0 aromatic heterocycles. The summed E-state index contributed by atoms with van der Waals surface area (Å²) in [4.78, 5) is 26.9. The van der Waals surface area contributed by atoms with Crippen molar-refractivity contribution in [1.82, 2.24) is 10.2 Å². The van der Waals surface area contributed by atoms with E-state index in [2.05, 4.69) is 39.8 Å². The fourth-order valence-electron chi connectivity index (χ4n) is 3.29. The monoisotopic (exact) mass is 397 g/mol. The first kappa shape index (κ1) is 20.8. The van der Waals surface area contributed by atoms with Gasteiger partial charge < -0.3 is 20.1 Å². The quantitative estimate of drug-likeness (QED) is 0.730. The topological polar surface area (TPSA) is 79.9 Å². The van der Waals surface area contributed by atoms with Crippen LogP contribution >= 0.6 is 0 Å². The van der Waals surface area contributed by atoms with Gasteiger partial charge in [0.25, 0.3) is 0 Å². The summed E-state index contributed by atoms with van der Waals surface area (Å²) in [6, 6.07) is 15.1. The van der Waals surface area contributed by atoms with E-state index in [1.54, 1.807) is 31.4 Å². The first-order valence-corrected chi connectivity index (χ1v) is 9.68. The van der Waals surface area contributed by atoms with Crippen molar-refractivity contribution in [3.63, 3.8) is 0 Å². The van der Waals surface area contributed by atoms with Crippen molar-refractivity contribution in [2.45, 2.75) is 13.0 Å². The molecule has 0 aliphatic carbocycles. The Bertz CT molecular complexity index is 832. The number of rotatable bonds is 6. The second-order valence-corrected chi connectivity index (χ2v) is 6.97. The molecule has 0 saturated carbocycles. The lowest BCUT2D eigenvalue weighted by molar-refractivity contribution is -0.136. The number of carbonyl (C=O) groups is 2. The van der Waals surface area contributed by atoms with E-state index in [9.17, 15) is 9.59 Å². The Balaban J connectivity index is 1.63. The van der Waals surface area contributed by atoms with Crippen LogP contribution in [0.4, 0.5) is 5.69 Å². The van der Waals surface area contributed by atoms with Crippen LogP contribution in [0.1, 0.15) is 17.2 Å². The molecular weight excluding hydrogens is 370 g/mol. The molecule has 1 heterocycles. The van der Waals surface area contributed by atoms with Crippen LogP contribution in [0.3, 0.4) is 0 Å². The van der Waals surface area contributed by atoms with E-state index in [1.807, 2.05) is 6.92 Å². The molecule has 7 heteroatoms. The van der Waals surface area contributed by atoms with E-state index in [4.69, 9.17) is 9.47 Å². The van der Waals surface area contributed by atoms with Crippen molar-refractivity contribution in [3.05, 3.63) is 59.7 Å². The minimum Gasteiger partial charge on any atom is -0.497 e. The molecule has 29 heavy (non-hydrogen) atoms. The average Bonchev–Trinajstić information content (AvgIpc) is 2.75. The molecule has 3 rings (SSSR count). The summed E-state index contributed by atoms with van der Waals surface area (Å²) in [5.41, 5.74) is 2.79. The molecule has 1 aliphatic heterocycles. The zero-order valence-corrected chi connectivity index (χ0v) is 16.8. The fourth-order valence-corrected chi connectivity index (χ4v) is 3.29. The fraction of sp³-hybridized carbons (Fsp3) is 0.364. The molecular formula is C22H27N3O4. The number of ether oxygens (including phenoxy) is 2. The van der Waals surface area contributed by atoms with Gasteiger partial charge in [-0.15, -0.1) is 0 Å². The highest BCUT2D eigenvalue weighted by Gasteiger charge is 2.24. The molecule has 154 valence electrons. The number of nitrogens with zero attached hydrogens (tertiary/aromatic N) is 1. The molecule has 2 aromatic rings. The van der Waals surface area contributed by atoms with Crippen LogP contribution in [0.2, 0.25) is 0 Å². The van der Waals surface area contributed by atoms with Gasteiger partial charge in [-0.25, -0.2) is 0 Å². The minimum absolute atomic E-state index is 0.0203. The number of carbonyl (C=O) groups excluding carboxylic acids is 2. The lowest BCUT2D eigenvalue weighted by atomic mass is 10.0. The smallest absolute Gasteiger partial charge is 0.313 e. The largest absolute Gasteiger partial charge is 0.497 e. The van der Waals surface area contributed by atoms with Crippen molar-refractivity contribution in [3.8, 4) is 5.75 Å². The van der Waals surface area contributed by atoms with Crippen LogP contribution in [-0.2, 0) is 14.3 Å². The lowest BCUT2D eigenvalue weighted by Gasteiger charge is -2.35. The second-order valence-electron chi connectivity index (χ2n) is 6.97. The third kappa shape index (κ3) is 5.79. The van der Waals surface area contributed by atoms with E-state index in [0.717, 1.165) is 18.7 Å². The van der Waals surface area contributed by atoms with Gasteiger partial charge in [0, 0.05) is 31.4 Å². The van der Waals surface area contributed by atoms with Crippen LogP contribution in [0.15, 0.2) is 48.5 Å². The standard InChI is InChI=1S/C22H27N3O4/c1-16-6-8-17(9-7-16)20(25-10-12-29-13-11-25)15-23-21(26)22(27)24-18-4-3-5-19(14-18)28-2/h3-9,14,20H,10-13,15H2,1-2H3,(H,23,26)(H,24,27). The number of morpholine rings is 1. The van der Waals surface area contributed by atoms with Crippen molar-refractivity contribution >= 4 is 17.5 Å². The van der Waals surface area contributed by atoms with E-state index in [0.29, 0.717) is 31.2 Å². The molecule has 2 N–H and O–H groups in total. The molecule has 1 aliphatic rings. The van der Waals surface area contributed by atoms with Gasteiger partial charge in [0.1, 0.15) is 5.75 Å². The molecule has 1 atom stereocenters. The lowest BCUT2D eigenvalue weighted by Crippen LogP contribution is -2.45. The van der Waals surface area contributed by atoms with E-state index >= 15 is 0 Å². The Morgan fingerprint density at radius 3 is 2.52 bits per heavy atom. The molecule has 0 radical (unpaired) electrons. The zero-order chi connectivity index (χ0) is 20.6. The Kier molecular flexibility index (Phi) is 7.21. The predicted octanol–water partition coefficient (Wildman–Crippen LogP) is 2.13. The van der Waals surface area contributed by atoms with E-state index in [1.165, 1.54) is 5.56 Å². The van der Waals surface area contributed by atoms with Crippen molar-refractivity contribution in [2.75, 3.05) is 45.3 Å². The molecule has 0 spiro atoms. The second kappa shape index (κ2) is 10.0. The average molecular weight is 397 g/mol. The highest BCUT2D eigenvalue weighted by atomic mass is 16.5. The Morgan fingerprint density at radius 2 is 1.83 bits per heavy atom. The van der Waals surface area contributed by atoms with Crippen LogP contribution in [0.5, 0.6) is 5.75 Å². The summed E-state index contributed by atoms with van der Waals surface area (Å²) in [5, 5.41) is 5.38. The molecule has 0 bridgehead atoms. The number of benzene rings is 2. The number of anilines is 1. The van der Waals surface area contributed by atoms with Gasteiger partial charge in [0.05, 0.1) is 26.4 Å². The maximum Gasteiger partial charge on any atom is 0.313 e. The number of methoxy groups -OCH3 is 1. The van der Waals surface area contributed by atoms with Crippen molar-refractivity contribution in [1.29, 1.82) is 0 Å². The summed E-state index contributed by atoms with van der Waals surface area (Å²) in [6.07, 6.45) is 0. The number of amides is 2. The first-order chi connectivity index (χ1) is 14.1. The number of aryl methyl sites for hydroxylation is 1. The Hall–Kier alpha value is -2.90. The summed E-state index contributed by atoms with van der Waals surface area (Å²) in [7, 11) is 1.55. The van der Waals surface area contributed by atoms with Gasteiger partial charge >= 0.3 is 11.8 Å². The Morgan fingerprint density at radius 1 is 1.10 bits per heavy atom. The van der Waals surface area contributed by atoms with Crippen LogP contribution in [0, 0.1) is 6.92 Å². The third-order valence-corrected chi connectivity index (χ3v) is 4.94. The van der Waals surface area contributed by atoms with E-state index in [-0.39, 0.29) is 6.04 Å². The Labute approximate surface area is 171 Å². The normalized spacial score (nSPS) is 15.4. The van der Waals surface area contributed by atoms with Gasteiger partial charge in [-0.2, -0.15) is 0 Å². The molecule has 1 fully saturated rings. The number of nitrogens with one attached hydrogen (secondary N) is 2. The molecule has 1 unspecified atom stereocenters. The molecule has 1 saturated heterocycles. The maximum atomic E-state index is 12.4. The highest BCUT2D eigenvalue weighted by Crippen LogP contribution is 2.22. The summed E-state index contributed by atoms with van der Waals surface area (Å²) in [6.45, 7) is 5.26. The van der Waals surface area contributed by atoms with Crippen LogP contribution < -0.4 is 15.4 Å². The SMILES string of the molecule is COc1cccc(NC(=O)C(=O)NCC(c2ccc(C)cc2)N2CCOCC2)c1. The van der Waals surface area contributed by atoms with Crippen molar-refractivity contribution in [2.24, 2.45) is 0 Å². The first-order valence-electron chi connectivity index (χ1n) is 9.68. The van der Waals surface area contributed by atoms with Gasteiger partial charge in [-0.05, 0) is 24.6 Å². The third-order valence-electron chi connectivity index (χ3n) is 4.94. The summed E-state index contributed by atoms with van der Waals surface area (Å²) >= 11 is 0. The van der Waals surface area contributed by atoms with Crippen LogP contribution in [-0.4, -0.2) is 56.7 Å². The molecule has 2 amide bonds. The molecule has 7 nitrogen and oxygen atoms in total. The summed E-state index contributed by atoms with van der Waals surface area (Å²) in [5.74, 6) is -0.768.